The van der Waals surface area contributed by atoms with Crippen LogP contribution in [0.3, 0.4) is 0 Å². The van der Waals surface area contributed by atoms with Crippen molar-refractivity contribution in [1.82, 2.24) is 19.9 Å². The highest BCUT2D eigenvalue weighted by molar-refractivity contribution is 5.78. The molecule has 0 bridgehead atoms. The summed E-state index contributed by atoms with van der Waals surface area (Å²) >= 11 is 0. The highest BCUT2D eigenvalue weighted by Gasteiger charge is 2.26. The van der Waals surface area contributed by atoms with Gasteiger partial charge in [0.2, 0.25) is 5.91 Å². The van der Waals surface area contributed by atoms with Crippen molar-refractivity contribution in [2.24, 2.45) is 0 Å². The first-order valence-corrected chi connectivity index (χ1v) is 6.84. The summed E-state index contributed by atoms with van der Waals surface area (Å²) < 4.78 is 10.1. The van der Waals surface area contributed by atoms with Crippen LogP contribution in [0.5, 0.6) is 0 Å². The summed E-state index contributed by atoms with van der Waals surface area (Å²) in [6.45, 7) is 2.31. The lowest BCUT2D eigenvalue weighted by molar-refractivity contribution is -0.132. The molecule has 2 heterocycles. The number of nitrogens with zero attached hydrogens (tertiary/aromatic N) is 4. The Hall–Kier alpha value is -1.47. The van der Waals surface area contributed by atoms with Gasteiger partial charge in [-0.05, 0) is 26.9 Å². The van der Waals surface area contributed by atoms with Crippen molar-refractivity contribution in [3.05, 3.63) is 11.7 Å². The maximum Gasteiger partial charge on any atom is 0.252 e. The Kier molecular flexibility index (Phi) is 5.08. The summed E-state index contributed by atoms with van der Waals surface area (Å²) in [6.07, 6.45) is 1.76. The first-order valence-electron chi connectivity index (χ1n) is 6.84. The van der Waals surface area contributed by atoms with Crippen LogP contribution in [0, 0.1) is 0 Å². The van der Waals surface area contributed by atoms with Gasteiger partial charge in [-0.25, -0.2) is 0 Å². The lowest BCUT2D eigenvalue weighted by Crippen LogP contribution is -2.42. The van der Waals surface area contributed by atoms with Gasteiger partial charge < -0.3 is 19.1 Å². The second kappa shape index (κ2) is 6.81. The molecule has 0 N–H and O–H groups in total. The number of methoxy groups -OCH3 is 1. The van der Waals surface area contributed by atoms with Gasteiger partial charge in [0.25, 0.3) is 5.89 Å². The molecule has 0 spiro atoms. The topological polar surface area (TPSA) is 71.7 Å². The minimum Gasteiger partial charge on any atom is -0.375 e. The van der Waals surface area contributed by atoms with Crippen LogP contribution in [-0.4, -0.2) is 66.7 Å². The molecule has 0 aliphatic carbocycles. The van der Waals surface area contributed by atoms with Crippen LogP contribution in [0.1, 0.15) is 30.5 Å². The number of likely N-dealkylation sites (tertiary alicyclic amines) is 1. The predicted molar refractivity (Wildman–Crippen MR) is 72.1 cm³/mol. The number of carbonyl (C=O) groups is 1. The summed E-state index contributed by atoms with van der Waals surface area (Å²) in [4.78, 5) is 20.1. The van der Waals surface area contributed by atoms with E-state index >= 15 is 0 Å². The molecule has 1 amide bonds. The molecule has 1 aromatic heterocycles. The van der Waals surface area contributed by atoms with E-state index in [2.05, 4.69) is 10.1 Å². The van der Waals surface area contributed by atoms with Gasteiger partial charge in [0.15, 0.2) is 5.82 Å². The fourth-order valence-electron chi connectivity index (χ4n) is 2.37. The van der Waals surface area contributed by atoms with Crippen molar-refractivity contribution in [3.8, 4) is 0 Å². The van der Waals surface area contributed by atoms with E-state index in [0.29, 0.717) is 19.0 Å². The average molecular weight is 282 g/mol. The van der Waals surface area contributed by atoms with Crippen LogP contribution in [-0.2, 0) is 16.1 Å². The van der Waals surface area contributed by atoms with Crippen LogP contribution < -0.4 is 0 Å². The Morgan fingerprint density at radius 3 is 2.75 bits per heavy atom. The molecule has 2 rings (SSSR count). The van der Waals surface area contributed by atoms with Crippen LogP contribution in [0.4, 0.5) is 0 Å². The average Bonchev–Trinajstić information content (AvgIpc) is 2.87. The number of aromatic nitrogens is 2. The van der Waals surface area contributed by atoms with Gasteiger partial charge in [0.05, 0.1) is 6.54 Å². The standard InChI is InChI=1S/C13H22N4O3/c1-16(2)8-12(18)17-6-4-10(5-7-17)13-14-11(9-19-3)20-15-13/h10H,4-9H2,1-3H3. The van der Waals surface area contributed by atoms with Crippen LogP contribution in [0.15, 0.2) is 4.52 Å². The zero-order valence-corrected chi connectivity index (χ0v) is 12.3. The third-order valence-corrected chi connectivity index (χ3v) is 3.42. The maximum absolute atomic E-state index is 12.0. The van der Waals surface area contributed by atoms with Crippen molar-refractivity contribution in [3.63, 3.8) is 0 Å². The molecule has 7 nitrogen and oxygen atoms in total. The molecule has 112 valence electrons. The van der Waals surface area contributed by atoms with Gasteiger partial charge in [-0.15, -0.1) is 0 Å². The minimum absolute atomic E-state index is 0.182. The van der Waals surface area contributed by atoms with E-state index in [4.69, 9.17) is 9.26 Å². The Morgan fingerprint density at radius 2 is 2.15 bits per heavy atom. The fraction of sp³-hybridized carbons (Fsp3) is 0.769. The van der Waals surface area contributed by atoms with Crippen LogP contribution >= 0.6 is 0 Å². The number of hydrogen-bond donors (Lipinski definition) is 0. The molecule has 1 fully saturated rings. The van der Waals surface area contributed by atoms with Crippen LogP contribution in [0.25, 0.3) is 0 Å². The smallest absolute Gasteiger partial charge is 0.252 e. The monoisotopic (exact) mass is 282 g/mol. The molecule has 1 aliphatic rings. The second-order valence-electron chi connectivity index (χ2n) is 5.37. The van der Waals surface area contributed by atoms with Crippen molar-refractivity contribution >= 4 is 5.91 Å². The summed E-state index contributed by atoms with van der Waals surface area (Å²) in [5.74, 6) is 1.69. The van der Waals surface area contributed by atoms with Gasteiger partial charge in [-0.3, -0.25) is 4.79 Å². The van der Waals surface area contributed by atoms with Gasteiger partial charge in [-0.2, -0.15) is 4.98 Å². The number of amides is 1. The summed E-state index contributed by atoms with van der Waals surface area (Å²) in [6, 6.07) is 0. The van der Waals surface area contributed by atoms with E-state index in [0.717, 1.165) is 31.8 Å². The summed E-state index contributed by atoms with van der Waals surface area (Å²) in [5, 5.41) is 4.00. The molecule has 1 aromatic rings. The third kappa shape index (κ3) is 3.77. The van der Waals surface area contributed by atoms with E-state index in [9.17, 15) is 4.79 Å². The van der Waals surface area contributed by atoms with Gasteiger partial charge >= 0.3 is 0 Å². The Labute approximate surface area is 118 Å². The molecule has 0 radical (unpaired) electrons. The van der Waals surface area contributed by atoms with Crippen LogP contribution in [0.2, 0.25) is 0 Å². The van der Waals surface area contributed by atoms with E-state index in [1.165, 1.54) is 0 Å². The van der Waals surface area contributed by atoms with Gasteiger partial charge in [-0.1, -0.05) is 5.16 Å². The van der Waals surface area contributed by atoms with E-state index < -0.39 is 0 Å². The number of piperidine rings is 1. The lowest BCUT2D eigenvalue weighted by atomic mass is 9.96. The van der Waals surface area contributed by atoms with E-state index in [1.807, 2.05) is 23.9 Å². The zero-order valence-electron chi connectivity index (χ0n) is 12.3. The molecule has 7 heteroatoms. The molecule has 1 aliphatic heterocycles. The number of ether oxygens (including phenoxy) is 1. The van der Waals surface area contributed by atoms with E-state index in [1.54, 1.807) is 7.11 Å². The quantitative estimate of drug-likeness (QED) is 0.782. The highest BCUT2D eigenvalue weighted by Crippen LogP contribution is 2.26. The Bertz CT molecular complexity index is 439. The normalized spacial score (nSPS) is 16.9. The number of likely N-dealkylation sites (N-methyl/N-ethyl adjacent to an activating group) is 1. The zero-order chi connectivity index (χ0) is 14.5. The Balaban J connectivity index is 1.85. The molecule has 0 saturated carbocycles. The van der Waals surface area contributed by atoms with Gasteiger partial charge in [0.1, 0.15) is 6.61 Å². The molecule has 0 atom stereocenters. The minimum atomic E-state index is 0.182. The highest BCUT2D eigenvalue weighted by atomic mass is 16.5. The first kappa shape index (κ1) is 14.9. The maximum atomic E-state index is 12.0. The lowest BCUT2D eigenvalue weighted by Gasteiger charge is -2.31. The predicted octanol–water partition coefficient (Wildman–Crippen LogP) is 0.484. The molecular formula is C13H22N4O3. The third-order valence-electron chi connectivity index (χ3n) is 3.42. The van der Waals surface area contributed by atoms with Crippen molar-refractivity contribution in [2.45, 2.75) is 25.4 Å². The number of rotatable bonds is 5. The van der Waals surface area contributed by atoms with Gasteiger partial charge in [0, 0.05) is 26.1 Å². The number of carbonyl (C=O) groups excluding carboxylic acids is 1. The molecule has 0 unspecified atom stereocenters. The fourth-order valence-corrected chi connectivity index (χ4v) is 2.37. The SMILES string of the molecule is COCc1nc(C2CCN(C(=O)CN(C)C)CC2)no1. The molecule has 1 saturated heterocycles. The van der Waals surface area contributed by atoms with Crippen molar-refractivity contribution in [2.75, 3.05) is 40.8 Å². The second-order valence-corrected chi connectivity index (χ2v) is 5.37. The Morgan fingerprint density at radius 1 is 1.45 bits per heavy atom. The van der Waals surface area contributed by atoms with Crippen molar-refractivity contribution < 1.29 is 14.1 Å². The molecule has 20 heavy (non-hydrogen) atoms. The summed E-state index contributed by atoms with van der Waals surface area (Å²) in [5.41, 5.74) is 0. The molecular weight excluding hydrogens is 260 g/mol. The van der Waals surface area contributed by atoms with E-state index in [-0.39, 0.29) is 11.8 Å². The largest absolute Gasteiger partial charge is 0.375 e. The molecule has 0 aromatic carbocycles. The number of hydrogen-bond acceptors (Lipinski definition) is 6. The van der Waals surface area contributed by atoms with Crippen molar-refractivity contribution in [1.29, 1.82) is 0 Å². The summed E-state index contributed by atoms with van der Waals surface area (Å²) in [7, 11) is 5.40. The first-order chi connectivity index (χ1) is 9.60.